The van der Waals surface area contributed by atoms with Gasteiger partial charge in [0.15, 0.2) is 0 Å². The molecule has 0 spiro atoms. The molecule has 0 N–H and O–H groups in total. The Labute approximate surface area is 156 Å². The first-order valence-corrected chi connectivity index (χ1v) is 9.46. The minimum atomic E-state index is 0.0612. The molecule has 1 aliphatic rings. The van der Waals surface area contributed by atoms with Crippen LogP contribution in [0.25, 0.3) is 11.1 Å². The maximum Gasteiger partial charge on any atom is 0.253 e. The van der Waals surface area contributed by atoms with E-state index in [-0.39, 0.29) is 5.91 Å². The summed E-state index contributed by atoms with van der Waals surface area (Å²) in [6.45, 7) is 5.60. The number of hydrogen-bond acceptors (Lipinski definition) is 3. The summed E-state index contributed by atoms with van der Waals surface area (Å²) in [4.78, 5) is 19.0. The number of nitrogens with zero attached hydrogens (tertiary/aromatic N) is 2. The first-order valence-electron chi connectivity index (χ1n) is 9.46. The van der Waals surface area contributed by atoms with Gasteiger partial charge >= 0.3 is 0 Å². The van der Waals surface area contributed by atoms with E-state index in [0.29, 0.717) is 6.10 Å². The number of rotatable bonds is 5. The zero-order valence-electron chi connectivity index (χ0n) is 16.0. The van der Waals surface area contributed by atoms with Crippen LogP contribution in [0.3, 0.4) is 0 Å². The van der Waals surface area contributed by atoms with Gasteiger partial charge in [-0.2, -0.15) is 0 Å². The Hall–Kier alpha value is -2.20. The highest BCUT2D eigenvalue weighted by Crippen LogP contribution is 2.23. The molecule has 138 valence electrons. The molecule has 1 atom stereocenters. The van der Waals surface area contributed by atoms with E-state index in [1.165, 1.54) is 6.42 Å². The average Bonchev–Trinajstić information content (AvgIpc) is 2.66. The summed E-state index contributed by atoms with van der Waals surface area (Å²) in [5.74, 6) is 0.0612. The number of pyridine rings is 1. The fourth-order valence-electron chi connectivity index (χ4n) is 3.48. The van der Waals surface area contributed by atoms with Crippen molar-refractivity contribution in [3.63, 3.8) is 0 Å². The molecule has 2 aromatic rings. The summed E-state index contributed by atoms with van der Waals surface area (Å²) in [6.07, 6.45) is 4.72. The van der Waals surface area contributed by atoms with Crippen molar-refractivity contribution in [2.24, 2.45) is 0 Å². The molecule has 1 aromatic heterocycles. The van der Waals surface area contributed by atoms with Crippen molar-refractivity contribution in [2.75, 3.05) is 20.2 Å². The molecule has 1 fully saturated rings. The molecule has 3 rings (SSSR count). The van der Waals surface area contributed by atoms with Crippen LogP contribution in [0.2, 0.25) is 0 Å². The smallest absolute Gasteiger partial charge is 0.253 e. The van der Waals surface area contributed by atoms with E-state index >= 15 is 0 Å². The number of hydrogen-bond donors (Lipinski definition) is 0. The fraction of sp³-hybridized carbons (Fsp3) is 0.455. The van der Waals surface area contributed by atoms with Gasteiger partial charge in [-0.15, -0.1) is 0 Å². The second-order valence-electron chi connectivity index (χ2n) is 7.17. The molecular formula is C22H28N2O2. The Kier molecular flexibility index (Phi) is 6.04. The van der Waals surface area contributed by atoms with Crippen molar-refractivity contribution >= 4 is 5.91 Å². The predicted octanol–water partition coefficient (Wildman–Crippen LogP) is 4.40. The van der Waals surface area contributed by atoms with Crippen LogP contribution in [0.15, 0.2) is 36.4 Å². The van der Waals surface area contributed by atoms with Gasteiger partial charge in [0.2, 0.25) is 0 Å². The van der Waals surface area contributed by atoms with Crippen LogP contribution in [0, 0.1) is 13.8 Å². The molecule has 0 radical (unpaired) electrons. The Morgan fingerprint density at radius 1 is 1.15 bits per heavy atom. The van der Waals surface area contributed by atoms with Crippen LogP contribution in [0.1, 0.15) is 47.4 Å². The van der Waals surface area contributed by atoms with Crippen molar-refractivity contribution in [1.29, 1.82) is 0 Å². The van der Waals surface area contributed by atoms with E-state index in [1.807, 2.05) is 51.2 Å². The number of aryl methyl sites for hydroxylation is 2. The van der Waals surface area contributed by atoms with Crippen molar-refractivity contribution in [3.05, 3.63) is 53.3 Å². The number of ether oxygens (including phenoxy) is 1. The van der Waals surface area contributed by atoms with Crippen molar-refractivity contribution in [2.45, 2.75) is 45.6 Å². The summed E-state index contributed by atoms with van der Waals surface area (Å²) < 4.78 is 5.75. The Bertz CT molecular complexity index is 749. The van der Waals surface area contributed by atoms with E-state index in [9.17, 15) is 4.79 Å². The number of carbonyl (C=O) groups excluding carboxylic acids is 1. The Morgan fingerprint density at radius 2 is 1.92 bits per heavy atom. The standard InChI is InChI=1S/C22H28N2O2/c1-16-7-12-21(17(2)23-16)18-8-10-19(11-9-18)22(25)24(3)14-13-20-6-4-5-15-26-20/h7-12,20H,4-6,13-15H2,1-3H3/t20-/m1/s1. The molecule has 0 unspecified atom stereocenters. The zero-order valence-corrected chi connectivity index (χ0v) is 16.0. The zero-order chi connectivity index (χ0) is 18.5. The Balaban J connectivity index is 1.62. The summed E-state index contributed by atoms with van der Waals surface area (Å²) in [6, 6.07) is 11.9. The summed E-state index contributed by atoms with van der Waals surface area (Å²) >= 11 is 0. The number of benzene rings is 1. The monoisotopic (exact) mass is 352 g/mol. The van der Waals surface area contributed by atoms with Gasteiger partial charge in [-0.25, -0.2) is 0 Å². The third-order valence-corrected chi connectivity index (χ3v) is 5.08. The van der Waals surface area contributed by atoms with Crippen LogP contribution in [0.4, 0.5) is 0 Å². The minimum absolute atomic E-state index is 0.0612. The van der Waals surface area contributed by atoms with Crippen LogP contribution in [0.5, 0.6) is 0 Å². The van der Waals surface area contributed by atoms with Crippen molar-refractivity contribution < 1.29 is 9.53 Å². The molecule has 1 saturated heterocycles. The van der Waals surface area contributed by atoms with Gasteiger partial charge in [0.1, 0.15) is 0 Å². The van der Waals surface area contributed by atoms with E-state index in [2.05, 4.69) is 11.1 Å². The number of carbonyl (C=O) groups is 1. The molecule has 1 aliphatic heterocycles. The third-order valence-electron chi connectivity index (χ3n) is 5.08. The lowest BCUT2D eigenvalue weighted by Crippen LogP contribution is -2.31. The van der Waals surface area contributed by atoms with Crippen LogP contribution in [-0.4, -0.2) is 42.1 Å². The summed E-state index contributed by atoms with van der Waals surface area (Å²) in [5, 5.41) is 0. The average molecular weight is 352 g/mol. The predicted molar refractivity (Wildman–Crippen MR) is 104 cm³/mol. The molecule has 0 aliphatic carbocycles. The lowest BCUT2D eigenvalue weighted by molar-refractivity contribution is 0.00709. The second-order valence-corrected chi connectivity index (χ2v) is 7.17. The van der Waals surface area contributed by atoms with Gasteiger partial charge < -0.3 is 9.64 Å². The SMILES string of the molecule is Cc1ccc(-c2ccc(C(=O)N(C)CC[C@H]3CCCCO3)cc2)c(C)n1. The highest BCUT2D eigenvalue weighted by atomic mass is 16.5. The number of aromatic nitrogens is 1. The van der Waals surface area contributed by atoms with Gasteiger partial charge in [-0.3, -0.25) is 9.78 Å². The maximum absolute atomic E-state index is 12.6. The lowest BCUT2D eigenvalue weighted by Gasteiger charge is -2.25. The fourth-order valence-corrected chi connectivity index (χ4v) is 3.48. The van der Waals surface area contributed by atoms with E-state index < -0.39 is 0 Å². The first-order chi connectivity index (χ1) is 12.5. The number of amides is 1. The van der Waals surface area contributed by atoms with E-state index in [4.69, 9.17) is 4.74 Å². The van der Waals surface area contributed by atoms with Gasteiger partial charge in [0, 0.05) is 42.7 Å². The van der Waals surface area contributed by atoms with Gasteiger partial charge in [-0.1, -0.05) is 18.2 Å². The van der Waals surface area contributed by atoms with E-state index in [0.717, 1.165) is 60.5 Å². The molecule has 4 heteroatoms. The third kappa shape index (κ3) is 4.50. The second kappa shape index (κ2) is 8.45. The molecule has 0 saturated carbocycles. The maximum atomic E-state index is 12.6. The highest BCUT2D eigenvalue weighted by Gasteiger charge is 2.17. The van der Waals surface area contributed by atoms with Gasteiger partial charge in [0.05, 0.1) is 6.10 Å². The van der Waals surface area contributed by atoms with Crippen molar-refractivity contribution in [1.82, 2.24) is 9.88 Å². The lowest BCUT2D eigenvalue weighted by atomic mass is 10.0. The first kappa shape index (κ1) is 18.6. The highest BCUT2D eigenvalue weighted by molar-refractivity contribution is 5.94. The normalized spacial score (nSPS) is 17.1. The molecule has 26 heavy (non-hydrogen) atoms. The topological polar surface area (TPSA) is 42.4 Å². The quantitative estimate of drug-likeness (QED) is 0.801. The van der Waals surface area contributed by atoms with Crippen molar-refractivity contribution in [3.8, 4) is 11.1 Å². The molecule has 4 nitrogen and oxygen atoms in total. The van der Waals surface area contributed by atoms with E-state index in [1.54, 1.807) is 4.90 Å². The Morgan fingerprint density at radius 3 is 2.58 bits per heavy atom. The van der Waals surface area contributed by atoms with Crippen LogP contribution < -0.4 is 0 Å². The molecule has 2 heterocycles. The summed E-state index contributed by atoms with van der Waals surface area (Å²) in [7, 11) is 1.87. The molecule has 1 amide bonds. The van der Waals surface area contributed by atoms with Crippen LogP contribution >= 0.6 is 0 Å². The molecular weight excluding hydrogens is 324 g/mol. The van der Waals surface area contributed by atoms with Gasteiger partial charge in [0.25, 0.3) is 5.91 Å². The van der Waals surface area contributed by atoms with Crippen LogP contribution in [-0.2, 0) is 4.74 Å². The summed E-state index contributed by atoms with van der Waals surface area (Å²) in [5.41, 5.74) is 4.94. The molecule has 0 bridgehead atoms. The van der Waals surface area contributed by atoms with Gasteiger partial charge in [-0.05, 0) is 63.3 Å². The molecule has 1 aromatic carbocycles. The minimum Gasteiger partial charge on any atom is -0.378 e. The largest absolute Gasteiger partial charge is 0.378 e.